The minimum Gasteiger partial charge on any atom is -0.383 e. The summed E-state index contributed by atoms with van der Waals surface area (Å²) >= 11 is 3.37. The molecule has 0 radical (unpaired) electrons. The van der Waals surface area contributed by atoms with Crippen LogP contribution in [-0.4, -0.2) is 54.6 Å². The van der Waals surface area contributed by atoms with Gasteiger partial charge in [-0.05, 0) is 41.4 Å². The van der Waals surface area contributed by atoms with E-state index in [1.807, 2.05) is 0 Å². The minimum absolute atomic E-state index is 0.126. The van der Waals surface area contributed by atoms with Gasteiger partial charge in [-0.15, -0.1) is 0 Å². The second-order valence-electron chi connectivity index (χ2n) is 5.32. The zero-order valence-electron chi connectivity index (χ0n) is 12.6. The van der Waals surface area contributed by atoms with Crippen LogP contribution in [0.5, 0.6) is 0 Å². The maximum atomic E-state index is 12.1. The fraction of sp³-hybridized carbons (Fsp3) is 0.714. The number of nitrogens with one attached hydrogen (secondary N) is 1. The predicted octanol–water partition coefficient (Wildman–Crippen LogP) is 1.41. The van der Waals surface area contributed by atoms with Crippen LogP contribution in [0.4, 0.5) is 5.69 Å². The number of hydrogen-bond acceptors (Lipinski definition) is 5. The molecule has 1 aromatic heterocycles. The maximum absolute atomic E-state index is 12.1. The number of ether oxygens (including phenoxy) is 1. The summed E-state index contributed by atoms with van der Waals surface area (Å²) in [5, 5.41) is 7.52. The van der Waals surface area contributed by atoms with Gasteiger partial charge in [0.2, 0.25) is 0 Å². The number of halogens is 1. The van der Waals surface area contributed by atoms with Gasteiger partial charge >= 0.3 is 0 Å². The van der Waals surface area contributed by atoms with Gasteiger partial charge in [-0.2, -0.15) is 5.10 Å². The van der Waals surface area contributed by atoms with E-state index in [2.05, 4.69) is 38.2 Å². The van der Waals surface area contributed by atoms with Crippen molar-refractivity contribution in [1.82, 2.24) is 14.7 Å². The molecule has 7 heteroatoms. The first kappa shape index (κ1) is 16.5. The van der Waals surface area contributed by atoms with Crippen LogP contribution in [0.1, 0.15) is 13.3 Å². The van der Waals surface area contributed by atoms with Crippen molar-refractivity contribution in [3.8, 4) is 0 Å². The van der Waals surface area contributed by atoms with Gasteiger partial charge in [0.25, 0.3) is 5.56 Å². The molecule has 1 aliphatic rings. The van der Waals surface area contributed by atoms with E-state index in [0.29, 0.717) is 23.5 Å². The van der Waals surface area contributed by atoms with Crippen LogP contribution in [0.15, 0.2) is 15.5 Å². The Morgan fingerprint density at radius 3 is 3.05 bits per heavy atom. The molecular weight excluding hydrogens is 336 g/mol. The summed E-state index contributed by atoms with van der Waals surface area (Å²) in [6.45, 7) is 7.40. The molecule has 21 heavy (non-hydrogen) atoms. The molecule has 1 fully saturated rings. The van der Waals surface area contributed by atoms with E-state index < -0.39 is 0 Å². The van der Waals surface area contributed by atoms with Gasteiger partial charge in [-0.1, -0.05) is 6.92 Å². The third-order valence-electron chi connectivity index (χ3n) is 3.89. The normalized spacial score (nSPS) is 19.1. The fourth-order valence-corrected chi connectivity index (χ4v) is 2.99. The van der Waals surface area contributed by atoms with E-state index in [-0.39, 0.29) is 5.56 Å². The Labute approximate surface area is 133 Å². The third-order valence-corrected chi connectivity index (χ3v) is 4.66. The lowest BCUT2D eigenvalue weighted by molar-refractivity contribution is 0.181. The molecule has 118 valence electrons. The molecule has 6 nitrogen and oxygen atoms in total. The van der Waals surface area contributed by atoms with Crippen molar-refractivity contribution in [3.05, 3.63) is 21.0 Å². The Morgan fingerprint density at radius 1 is 1.57 bits per heavy atom. The van der Waals surface area contributed by atoms with Crippen LogP contribution in [0.3, 0.4) is 0 Å². The first-order chi connectivity index (χ1) is 10.2. The molecule has 1 aromatic rings. The van der Waals surface area contributed by atoms with Crippen molar-refractivity contribution in [2.24, 2.45) is 5.92 Å². The fourth-order valence-electron chi connectivity index (χ4n) is 2.55. The standard InChI is InChI=1S/C14H23BrN4O2/c1-3-18-5-4-11(10-18)8-16-12-9-17-19(6-7-21-2)14(20)13(12)15/h9,11,16H,3-8,10H2,1-2H3. The van der Waals surface area contributed by atoms with E-state index in [0.717, 1.165) is 25.3 Å². The Morgan fingerprint density at radius 2 is 2.38 bits per heavy atom. The summed E-state index contributed by atoms with van der Waals surface area (Å²) in [6, 6.07) is 0. The first-order valence-electron chi connectivity index (χ1n) is 7.36. The smallest absolute Gasteiger partial charge is 0.283 e. The number of methoxy groups -OCH3 is 1. The highest BCUT2D eigenvalue weighted by atomic mass is 79.9. The molecule has 0 aromatic carbocycles. The zero-order valence-corrected chi connectivity index (χ0v) is 14.2. The Balaban J connectivity index is 1.95. The van der Waals surface area contributed by atoms with Gasteiger partial charge in [-0.3, -0.25) is 4.79 Å². The van der Waals surface area contributed by atoms with Crippen molar-refractivity contribution in [2.75, 3.05) is 45.2 Å². The number of anilines is 1. The summed E-state index contributed by atoms with van der Waals surface area (Å²) in [4.78, 5) is 14.6. The van der Waals surface area contributed by atoms with Gasteiger partial charge in [-0.25, -0.2) is 4.68 Å². The quantitative estimate of drug-likeness (QED) is 0.798. The zero-order chi connectivity index (χ0) is 15.2. The molecule has 2 heterocycles. The van der Waals surface area contributed by atoms with Crippen molar-refractivity contribution in [1.29, 1.82) is 0 Å². The molecule has 1 aliphatic heterocycles. The lowest BCUT2D eigenvalue weighted by Crippen LogP contribution is -2.27. The third kappa shape index (κ3) is 4.28. The van der Waals surface area contributed by atoms with Crippen LogP contribution in [0.2, 0.25) is 0 Å². The lowest BCUT2D eigenvalue weighted by Gasteiger charge is -2.15. The van der Waals surface area contributed by atoms with Crippen molar-refractivity contribution in [3.63, 3.8) is 0 Å². The van der Waals surface area contributed by atoms with Crippen molar-refractivity contribution in [2.45, 2.75) is 19.9 Å². The summed E-state index contributed by atoms with van der Waals surface area (Å²) < 4.78 is 6.92. The molecule has 1 saturated heterocycles. The highest BCUT2D eigenvalue weighted by Crippen LogP contribution is 2.20. The van der Waals surface area contributed by atoms with Gasteiger partial charge in [0, 0.05) is 20.2 Å². The van der Waals surface area contributed by atoms with E-state index in [1.165, 1.54) is 17.6 Å². The largest absolute Gasteiger partial charge is 0.383 e. The summed E-state index contributed by atoms with van der Waals surface area (Å²) in [7, 11) is 1.61. The second kappa shape index (κ2) is 7.91. The molecule has 0 saturated carbocycles. The molecule has 0 spiro atoms. The number of aromatic nitrogens is 2. The van der Waals surface area contributed by atoms with Crippen LogP contribution < -0.4 is 10.9 Å². The lowest BCUT2D eigenvalue weighted by atomic mass is 10.1. The highest BCUT2D eigenvalue weighted by molar-refractivity contribution is 9.10. The first-order valence-corrected chi connectivity index (χ1v) is 8.15. The van der Waals surface area contributed by atoms with Crippen LogP contribution in [0.25, 0.3) is 0 Å². The molecule has 0 aliphatic carbocycles. The van der Waals surface area contributed by atoms with Crippen molar-refractivity contribution >= 4 is 21.6 Å². The number of rotatable bonds is 7. The number of nitrogens with zero attached hydrogens (tertiary/aromatic N) is 3. The average Bonchev–Trinajstić information content (AvgIpc) is 2.96. The molecule has 1 atom stereocenters. The van der Waals surface area contributed by atoms with E-state index in [1.54, 1.807) is 13.3 Å². The van der Waals surface area contributed by atoms with Crippen molar-refractivity contribution < 1.29 is 4.74 Å². The Hall–Kier alpha value is -0.920. The Kier molecular flexibility index (Phi) is 6.20. The monoisotopic (exact) mass is 358 g/mol. The number of hydrogen-bond donors (Lipinski definition) is 1. The van der Waals surface area contributed by atoms with Crippen LogP contribution in [-0.2, 0) is 11.3 Å². The molecule has 1 N–H and O–H groups in total. The molecule has 0 amide bonds. The number of likely N-dealkylation sites (tertiary alicyclic amines) is 1. The maximum Gasteiger partial charge on any atom is 0.283 e. The van der Waals surface area contributed by atoms with Gasteiger partial charge in [0.15, 0.2) is 0 Å². The summed E-state index contributed by atoms with van der Waals surface area (Å²) in [6.07, 6.45) is 2.91. The molecule has 0 bridgehead atoms. The second-order valence-corrected chi connectivity index (χ2v) is 6.12. The van der Waals surface area contributed by atoms with Crippen LogP contribution >= 0.6 is 15.9 Å². The van der Waals surface area contributed by atoms with Gasteiger partial charge < -0.3 is 15.0 Å². The van der Waals surface area contributed by atoms with Gasteiger partial charge in [0.05, 0.1) is 25.0 Å². The highest BCUT2D eigenvalue weighted by Gasteiger charge is 2.21. The molecule has 1 unspecified atom stereocenters. The van der Waals surface area contributed by atoms with Crippen LogP contribution in [0, 0.1) is 5.92 Å². The van der Waals surface area contributed by atoms with Gasteiger partial charge in [0.1, 0.15) is 4.47 Å². The van der Waals surface area contributed by atoms with E-state index >= 15 is 0 Å². The minimum atomic E-state index is -0.126. The Bertz CT molecular complexity index is 520. The molecular formula is C14H23BrN4O2. The van der Waals surface area contributed by atoms with E-state index in [4.69, 9.17) is 4.74 Å². The summed E-state index contributed by atoms with van der Waals surface area (Å²) in [5.41, 5.74) is 0.641. The topological polar surface area (TPSA) is 59.4 Å². The molecule has 2 rings (SSSR count). The SMILES string of the molecule is CCN1CCC(CNc2cnn(CCOC)c(=O)c2Br)C1. The predicted molar refractivity (Wildman–Crippen MR) is 86.8 cm³/mol. The average molecular weight is 359 g/mol. The van der Waals surface area contributed by atoms with E-state index in [9.17, 15) is 4.79 Å². The summed E-state index contributed by atoms with van der Waals surface area (Å²) in [5.74, 6) is 0.632.